The van der Waals surface area contributed by atoms with Crippen LogP contribution in [-0.2, 0) is 4.74 Å². The summed E-state index contributed by atoms with van der Waals surface area (Å²) in [6.45, 7) is 1.86. The molecule has 17 heavy (non-hydrogen) atoms. The van der Waals surface area contributed by atoms with Crippen molar-refractivity contribution in [1.29, 1.82) is 0 Å². The number of benzene rings is 1. The minimum Gasteiger partial charge on any atom is -0.382 e. The van der Waals surface area contributed by atoms with E-state index in [-0.39, 0.29) is 10.6 Å². The van der Waals surface area contributed by atoms with Crippen LogP contribution in [0.2, 0.25) is 0 Å². The molecule has 5 heteroatoms. The summed E-state index contributed by atoms with van der Waals surface area (Å²) in [4.78, 5) is 10.4. The third-order valence-electron chi connectivity index (χ3n) is 3.07. The predicted molar refractivity (Wildman–Crippen MR) is 65.3 cm³/mol. The first-order valence-electron chi connectivity index (χ1n) is 5.64. The molecular formula is C12H16N2O3. The molecule has 0 spiro atoms. The molecule has 0 heterocycles. The monoisotopic (exact) mass is 236 g/mol. The molecule has 0 bridgehead atoms. The fourth-order valence-electron chi connectivity index (χ4n) is 2.06. The largest absolute Gasteiger partial charge is 0.382 e. The molecule has 0 saturated heterocycles. The molecule has 0 aromatic heterocycles. The fraction of sp³-hybridized carbons (Fsp3) is 0.500. The van der Waals surface area contributed by atoms with Crippen LogP contribution in [0, 0.1) is 17.0 Å². The number of hydrogen-bond acceptors (Lipinski definition) is 4. The summed E-state index contributed by atoms with van der Waals surface area (Å²) >= 11 is 0. The highest BCUT2D eigenvalue weighted by Gasteiger charge is 2.28. The van der Waals surface area contributed by atoms with Gasteiger partial charge in [0.15, 0.2) is 0 Å². The molecule has 1 fully saturated rings. The second-order valence-electron chi connectivity index (χ2n) is 4.48. The Kier molecular flexibility index (Phi) is 3.28. The number of nitro benzene ring substituents is 1. The number of anilines is 1. The highest BCUT2D eigenvalue weighted by Crippen LogP contribution is 2.28. The summed E-state index contributed by atoms with van der Waals surface area (Å²) < 4.78 is 5.19. The van der Waals surface area contributed by atoms with Crippen molar-refractivity contribution in [2.75, 3.05) is 12.4 Å². The molecule has 0 aliphatic heterocycles. The van der Waals surface area contributed by atoms with Crippen LogP contribution in [0.3, 0.4) is 0 Å². The van der Waals surface area contributed by atoms with Crippen LogP contribution >= 0.6 is 0 Å². The van der Waals surface area contributed by atoms with E-state index in [4.69, 9.17) is 4.74 Å². The number of rotatable bonds is 4. The van der Waals surface area contributed by atoms with Crippen LogP contribution < -0.4 is 5.32 Å². The lowest BCUT2D eigenvalue weighted by Crippen LogP contribution is -2.40. The van der Waals surface area contributed by atoms with Crippen molar-refractivity contribution in [3.8, 4) is 0 Å². The van der Waals surface area contributed by atoms with Gasteiger partial charge in [-0.3, -0.25) is 10.1 Å². The lowest BCUT2D eigenvalue weighted by Gasteiger charge is -2.35. The molecule has 1 aromatic rings. The first-order chi connectivity index (χ1) is 8.08. The van der Waals surface area contributed by atoms with Crippen molar-refractivity contribution in [1.82, 2.24) is 0 Å². The van der Waals surface area contributed by atoms with Gasteiger partial charge in [0, 0.05) is 31.0 Å². The maximum absolute atomic E-state index is 10.7. The molecule has 1 N–H and O–H groups in total. The Balaban J connectivity index is 2.04. The molecule has 92 valence electrons. The van der Waals surface area contributed by atoms with Gasteiger partial charge in [-0.25, -0.2) is 0 Å². The van der Waals surface area contributed by atoms with Gasteiger partial charge >= 0.3 is 0 Å². The van der Waals surface area contributed by atoms with Crippen molar-refractivity contribution in [3.63, 3.8) is 0 Å². The maximum atomic E-state index is 10.7. The van der Waals surface area contributed by atoms with Crippen LogP contribution in [0.25, 0.3) is 0 Å². The van der Waals surface area contributed by atoms with Crippen molar-refractivity contribution in [3.05, 3.63) is 33.9 Å². The summed E-state index contributed by atoms with van der Waals surface area (Å²) in [6.07, 6.45) is 2.24. The zero-order valence-corrected chi connectivity index (χ0v) is 9.97. The van der Waals surface area contributed by atoms with E-state index in [2.05, 4.69) is 5.32 Å². The number of non-ortho nitro benzene ring substituents is 1. The number of aryl methyl sites for hydroxylation is 1. The average molecular weight is 236 g/mol. The Morgan fingerprint density at radius 2 is 2.12 bits per heavy atom. The summed E-state index contributed by atoms with van der Waals surface area (Å²) in [6, 6.07) is 5.44. The molecule has 2 rings (SSSR count). The van der Waals surface area contributed by atoms with Crippen molar-refractivity contribution in [2.24, 2.45) is 0 Å². The molecule has 1 aliphatic carbocycles. The fourth-order valence-corrected chi connectivity index (χ4v) is 2.06. The Labute approximate surface area is 99.9 Å². The van der Waals surface area contributed by atoms with E-state index in [0.717, 1.165) is 24.1 Å². The second kappa shape index (κ2) is 4.71. The standard InChI is InChI=1S/C12H16N2O3/c1-8-3-9(5-11(4-8)14(15)16)13-10-6-12(7-10)17-2/h3-5,10,12-13H,6-7H2,1-2H3. The number of methoxy groups -OCH3 is 1. The Hall–Kier alpha value is -1.62. The van der Waals surface area contributed by atoms with Gasteiger partial charge in [-0.05, 0) is 31.4 Å². The molecule has 0 unspecified atom stereocenters. The average Bonchev–Trinajstić information content (AvgIpc) is 2.21. The smallest absolute Gasteiger partial charge is 0.271 e. The van der Waals surface area contributed by atoms with Gasteiger partial charge in [0.2, 0.25) is 0 Å². The van der Waals surface area contributed by atoms with Crippen LogP contribution in [0.15, 0.2) is 18.2 Å². The molecule has 1 aliphatic rings. The molecule has 0 radical (unpaired) electrons. The van der Waals surface area contributed by atoms with Gasteiger partial charge in [0.25, 0.3) is 5.69 Å². The third kappa shape index (κ3) is 2.74. The molecule has 5 nitrogen and oxygen atoms in total. The van der Waals surface area contributed by atoms with Gasteiger partial charge in [0.1, 0.15) is 0 Å². The van der Waals surface area contributed by atoms with Crippen molar-refractivity contribution >= 4 is 11.4 Å². The summed E-state index contributed by atoms with van der Waals surface area (Å²) in [5.41, 5.74) is 1.84. The van der Waals surface area contributed by atoms with Crippen LogP contribution in [0.1, 0.15) is 18.4 Å². The van der Waals surface area contributed by atoms with E-state index >= 15 is 0 Å². The summed E-state index contributed by atoms with van der Waals surface area (Å²) in [5.74, 6) is 0. The third-order valence-corrected chi connectivity index (χ3v) is 3.07. The van der Waals surface area contributed by atoms with Crippen molar-refractivity contribution < 1.29 is 9.66 Å². The number of nitro groups is 1. The van der Waals surface area contributed by atoms with Crippen LogP contribution in [0.4, 0.5) is 11.4 Å². The van der Waals surface area contributed by atoms with Gasteiger partial charge in [-0.1, -0.05) is 0 Å². The first kappa shape index (κ1) is 11.9. The number of nitrogens with one attached hydrogen (secondary N) is 1. The van der Waals surface area contributed by atoms with E-state index < -0.39 is 0 Å². The number of hydrogen-bond donors (Lipinski definition) is 1. The minimum absolute atomic E-state index is 0.134. The van der Waals surface area contributed by atoms with E-state index in [1.54, 1.807) is 19.2 Å². The van der Waals surface area contributed by atoms with E-state index in [1.807, 2.05) is 13.0 Å². The van der Waals surface area contributed by atoms with Gasteiger partial charge < -0.3 is 10.1 Å². The SMILES string of the molecule is COC1CC(Nc2cc(C)cc([N+](=O)[O-])c2)C1. The Bertz CT molecular complexity index is 428. The van der Waals surface area contributed by atoms with Crippen LogP contribution in [-0.4, -0.2) is 24.2 Å². The minimum atomic E-state index is -0.364. The summed E-state index contributed by atoms with van der Waals surface area (Å²) in [5, 5.41) is 14.0. The Morgan fingerprint density at radius 3 is 2.71 bits per heavy atom. The quantitative estimate of drug-likeness (QED) is 0.644. The van der Waals surface area contributed by atoms with Gasteiger partial charge in [-0.2, -0.15) is 0 Å². The molecule has 0 atom stereocenters. The predicted octanol–water partition coefficient (Wildman–Crippen LogP) is 2.49. The molecule has 0 amide bonds. The number of nitrogens with zero attached hydrogens (tertiary/aromatic N) is 1. The molecule has 1 saturated carbocycles. The van der Waals surface area contributed by atoms with E-state index in [9.17, 15) is 10.1 Å². The number of ether oxygens (including phenoxy) is 1. The second-order valence-corrected chi connectivity index (χ2v) is 4.48. The molecule has 1 aromatic carbocycles. The summed E-state index contributed by atoms with van der Waals surface area (Å²) in [7, 11) is 1.71. The maximum Gasteiger partial charge on any atom is 0.271 e. The van der Waals surface area contributed by atoms with E-state index in [1.165, 1.54) is 0 Å². The zero-order chi connectivity index (χ0) is 12.4. The highest BCUT2D eigenvalue weighted by atomic mass is 16.6. The highest BCUT2D eigenvalue weighted by molar-refractivity contribution is 5.54. The first-order valence-corrected chi connectivity index (χ1v) is 5.64. The van der Waals surface area contributed by atoms with Gasteiger partial charge in [0.05, 0.1) is 11.0 Å². The normalized spacial score (nSPS) is 22.9. The lowest BCUT2D eigenvalue weighted by molar-refractivity contribution is -0.384. The van der Waals surface area contributed by atoms with E-state index in [0.29, 0.717) is 12.1 Å². The lowest BCUT2D eigenvalue weighted by atomic mass is 9.89. The van der Waals surface area contributed by atoms with Crippen molar-refractivity contribution in [2.45, 2.75) is 31.9 Å². The van der Waals surface area contributed by atoms with Crippen LogP contribution in [0.5, 0.6) is 0 Å². The zero-order valence-electron chi connectivity index (χ0n) is 9.97. The van der Waals surface area contributed by atoms with Gasteiger partial charge in [-0.15, -0.1) is 0 Å². The Morgan fingerprint density at radius 1 is 1.41 bits per heavy atom. The topological polar surface area (TPSA) is 64.4 Å². The molecular weight excluding hydrogens is 220 g/mol.